The molecule has 0 aromatic heterocycles. The van der Waals surface area contributed by atoms with Gasteiger partial charge in [-0.25, -0.2) is 0 Å². The molecular formula is C22H38N2O5. The molecule has 7 heteroatoms. The number of hydrogen-bond donors (Lipinski definition) is 1. The van der Waals surface area contributed by atoms with Crippen LogP contribution in [0.3, 0.4) is 0 Å². The monoisotopic (exact) mass is 410 g/mol. The molecule has 0 radical (unpaired) electrons. The van der Waals surface area contributed by atoms with E-state index >= 15 is 0 Å². The van der Waals surface area contributed by atoms with Gasteiger partial charge in [-0.1, -0.05) is 13.0 Å². The van der Waals surface area contributed by atoms with Crippen molar-refractivity contribution in [2.24, 2.45) is 5.92 Å². The zero-order valence-electron chi connectivity index (χ0n) is 19.2. The fraction of sp³-hybridized carbons (Fsp3) is 0.773. The second-order valence-electron chi connectivity index (χ2n) is 9.67. The van der Waals surface area contributed by atoms with Crippen LogP contribution in [-0.4, -0.2) is 58.6 Å². The van der Waals surface area contributed by atoms with Crippen molar-refractivity contribution in [1.29, 1.82) is 0 Å². The molecule has 0 saturated carbocycles. The smallest absolute Gasteiger partial charge is 0.326 e. The van der Waals surface area contributed by atoms with Crippen LogP contribution in [0.15, 0.2) is 12.7 Å². The Kier molecular flexibility index (Phi) is 8.45. The zero-order valence-corrected chi connectivity index (χ0v) is 19.2. The third-order valence-corrected chi connectivity index (χ3v) is 4.60. The van der Waals surface area contributed by atoms with Crippen molar-refractivity contribution in [3.63, 3.8) is 0 Å². The Bertz CT molecular complexity index is 618. The van der Waals surface area contributed by atoms with Crippen LogP contribution in [0.5, 0.6) is 0 Å². The molecule has 7 nitrogen and oxygen atoms in total. The molecule has 166 valence electrons. The number of carbonyl (C=O) groups excluding carboxylic acids is 3. The van der Waals surface area contributed by atoms with E-state index < -0.39 is 35.3 Å². The fourth-order valence-electron chi connectivity index (χ4n) is 3.53. The van der Waals surface area contributed by atoms with E-state index in [-0.39, 0.29) is 17.8 Å². The molecule has 1 saturated heterocycles. The van der Waals surface area contributed by atoms with Gasteiger partial charge in [0.15, 0.2) is 0 Å². The molecule has 1 amide bonds. The topological polar surface area (TPSA) is 84.9 Å². The number of amides is 1. The third-order valence-electron chi connectivity index (χ3n) is 4.60. The van der Waals surface area contributed by atoms with Gasteiger partial charge in [0.2, 0.25) is 5.91 Å². The summed E-state index contributed by atoms with van der Waals surface area (Å²) in [6.45, 7) is 18.4. The number of nitrogens with zero attached hydrogens (tertiary/aromatic N) is 1. The summed E-state index contributed by atoms with van der Waals surface area (Å²) in [7, 11) is 0. The number of nitrogens with one attached hydrogen (secondary N) is 1. The normalized spacial score (nSPS) is 22.5. The lowest BCUT2D eigenvalue weighted by atomic mass is 10.0. The van der Waals surface area contributed by atoms with Gasteiger partial charge < -0.3 is 14.8 Å². The first-order chi connectivity index (χ1) is 13.2. The second kappa shape index (κ2) is 9.74. The van der Waals surface area contributed by atoms with E-state index in [1.807, 2.05) is 32.6 Å². The van der Waals surface area contributed by atoms with Crippen molar-refractivity contribution in [2.75, 3.05) is 6.54 Å². The van der Waals surface area contributed by atoms with E-state index in [2.05, 4.69) is 11.9 Å². The highest BCUT2D eigenvalue weighted by atomic mass is 16.6. The maximum absolute atomic E-state index is 13.2. The number of hydrogen-bond acceptors (Lipinski definition) is 6. The first-order valence-corrected chi connectivity index (χ1v) is 10.3. The van der Waals surface area contributed by atoms with Crippen molar-refractivity contribution in [2.45, 2.75) is 97.6 Å². The van der Waals surface area contributed by atoms with E-state index in [4.69, 9.17) is 9.47 Å². The van der Waals surface area contributed by atoms with Gasteiger partial charge in [-0.15, -0.1) is 6.58 Å². The van der Waals surface area contributed by atoms with Gasteiger partial charge in [0.25, 0.3) is 0 Å². The zero-order chi connectivity index (χ0) is 22.6. The Balaban J connectivity index is 3.32. The Morgan fingerprint density at radius 2 is 1.69 bits per heavy atom. The number of ether oxygens (including phenoxy) is 2. The summed E-state index contributed by atoms with van der Waals surface area (Å²) in [4.78, 5) is 39.7. The van der Waals surface area contributed by atoms with Gasteiger partial charge in [0.1, 0.15) is 23.3 Å². The van der Waals surface area contributed by atoms with E-state index in [1.165, 1.54) is 6.92 Å². The van der Waals surface area contributed by atoms with Crippen LogP contribution in [0.25, 0.3) is 0 Å². The average molecular weight is 411 g/mol. The maximum atomic E-state index is 13.2. The van der Waals surface area contributed by atoms with Crippen LogP contribution in [0, 0.1) is 5.92 Å². The summed E-state index contributed by atoms with van der Waals surface area (Å²) in [5.41, 5.74) is -1.33. The molecule has 1 fully saturated rings. The van der Waals surface area contributed by atoms with Crippen LogP contribution in [0.1, 0.15) is 68.2 Å². The van der Waals surface area contributed by atoms with Crippen molar-refractivity contribution in [3.8, 4) is 0 Å². The van der Waals surface area contributed by atoms with E-state index in [0.717, 1.165) is 0 Å². The Labute approximate surface area is 175 Å². The fourth-order valence-corrected chi connectivity index (χ4v) is 3.53. The minimum absolute atomic E-state index is 0.0345. The highest BCUT2D eigenvalue weighted by Gasteiger charge is 2.47. The molecule has 1 rings (SSSR count). The minimum Gasteiger partial charge on any atom is -0.459 e. The summed E-state index contributed by atoms with van der Waals surface area (Å²) in [5.74, 6) is -1.05. The number of esters is 2. The van der Waals surface area contributed by atoms with Gasteiger partial charge in [-0.2, -0.15) is 0 Å². The summed E-state index contributed by atoms with van der Waals surface area (Å²) >= 11 is 0. The molecule has 29 heavy (non-hydrogen) atoms. The van der Waals surface area contributed by atoms with Crippen molar-refractivity contribution < 1.29 is 23.9 Å². The third kappa shape index (κ3) is 7.80. The summed E-state index contributed by atoms with van der Waals surface area (Å²) in [6.07, 6.45) is 2.82. The molecule has 1 N–H and O–H groups in total. The molecule has 0 aliphatic carbocycles. The Morgan fingerprint density at radius 3 is 2.10 bits per heavy atom. The van der Waals surface area contributed by atoms with Crippen LogP contribution >= 0.6 is 0 Å². The SMILES string of the molecule is C=CC1CC(C(=O)OC(C)(C)C)N([C@@H](C(=O)OC(C)(C)C)[C@@H](CC)NC(C)=O)C1. The molecular weight excluding hydrogens is 372 g/mol. The van der Waals surface area contributed by atoms with Crippen LogP contribution in [0.2, 0.25) is 0 Å². The molecule has 1 aliphatic rings. The molecule has 1 aliphatic heterocycles. The minimum atomic E-state index is -0.800. The largest absolute Gasteiger partial charge is 0.459 e. The number of likely N-dealkylation sites (tertiary alicyclic amines) is 1. The first kappa shape index (κ1) is 25.1. The Hall–Kier alpha value is -1.89. The van der Waals surface area contributed by atoms with Gasteiger partial charge in [0.05, 0.1) is 6.04 Å². The maximum Gasteiger partial charge on any atom is 0.326 e. The summed E-state index contributed by atoms with van der Waals surface area (Å²) in [6, 6.07) is -1.90. The van der Waals surface area contributed by atoms with Crippen molar-refractivity contribution >= 4 is 17.8 Å². The van der Waals surface area contributed by atoms with Gasteiger partial charge in [-0.3, -0.25) is 19.3 Å². The molecule has 0 aromatic carbocycles. The predicted molar refractivity (Wildman–Crippen MR) is 112 cm³/mol. The Morgan fingerprint density at radius 1 is 1.14 bits per heavy atom. The van der Waals surface area contributed by atoms with Crippen LogP contribution < -0.4 is 5.32 Å². The molecule has 0 bridgehead atoms. The molecule has 1 heterocycles. The highest BCUT2D eigenvalue weighted by molar-refractivity contribution is 5.82. The first-order valence-electron chi connectivity index (χ1n) is 10.3. The lowest BCUT2D eigenvalue weighted by Crippen LogP contribution is -2.59. The highest BCUT2D eigenvalue weighted by Crippen LogP contribution is 2.31. The quantitative estimate of drug-likeness (QED) is 0.513. The predicted octanol–water partition coefficient (Wildman–Crippen LogP) is 2.83. The van der Waals surface area contributed by atoms with Gasteiger partial charge >= 0.3 is 11.9 Å². The molecule has 0 aromatic rings. The van der Waals surface area contributed by atoms with Gasteiger partial charge in [0, 0.05) is 13.5 Å². The standard InChI is InChI=1S/C22H38N2O5/c1-10-15-12-17(19(26)28-21(4,5)6)24(13-15)18(16(11-2)23-14(3)25)20(27)29-22(7,8)9/h10,15-18H,1,11-13H2,2-9H3,(H,23,25)/t15?,16-,17?,18-/m1/s1. The van der Waals surface area contributed by atoms with Crippen LogP contribution in [0.4, 0.5) is 0 Å². The van der Waals surface area contributed by atoms with E-state index in [0.29, 0.717) is 19.4 Å². The average Bonchev–Trinajstić information content (AvgIpc) is 2.94. The van der Waals surface area contributed by atoms with Crippen molar-refractivity contribution in [3.05, 3.63) is 12.7 Å². The molecule has 0 spiro atoms. The lowest BCUT2D eigenvalue weighted by molar-refractivity contribution is -0.168. The van der Waals surface area contributed by atoms with E-state index in [1.54, 1.807) is 26.8 Å². The number of rotatable bonds is 7. The summed E-state index contributed by atoms with van der Waals surface area (Å²) < 4.78 is 11.3. The molecule has 2 unspecified atom stereocenters. The second-order valence-corrected chi connectivity index (χ2v) is 9.67. The summed E-state index contributed by atoms with van der Waals surface area (Å²) in [5, 5.41) is 2.85. The van der Waals surface area contributed by atoms with E-state index in [9.17, 15) is 14.4 Å². The lowest BCUT2D eigenvalue weighted by Gasteiger charge is -2.37. The molecule has 4 atom stereocenters. The van der Waals surface area contributed by atoms with Crippen LogP contribution in [-0.2, 0) is 23.9 Å². The van der Waals surface area contributed by atoms with Crippen molar-refractivity contribution in [1.82, 2.24) is 10.2 Å². The van der Waals surface area contributed by atoms with Gasteiger partial charge in [-0.05, 0) is 60.3 Å². The number of carbonyl (C=O) groups is 3.